The molecule has 1 aromatic carbocycles. The molecule has 0 fully saturated rings. The maximum Gasteiger partial charge on any atom is 0.196 e. The molecule has 4 heteroatoms. The van der Waals surface area contributed by atoms with E-state index in [4.69, 9.17) is 10.7 Å². The molecule has 0 bridgehead atoms. The highest BCUT2D eigenvalue weighted by molar-refractivity contribution is 5.81. The van der Waals surface area contributed by atoms with E-state index in [2.05, 4.69) is 57.2 Å². The van der Waals surface area contributed by atoms with Crippen molar-refractivity contribution in [3.8, 4) is 0 Å². The molecule has 1 atom stereocenters. The number of nitrogens with zero attached hydrogens (tertiary/aromatic N) is 3. The van der Waals surface area contributed by atoms with Crippen molar-refractivity contribution in [1.29, 1.82) is 0 Å². The molecular weight excluding hydrogens is 284 g/mol. The molecule has 2 rings (SSSR count). The van der Waals surface area contributed by atoms with Gasteiger partial charge in [0.05, 0.1) is 5.54 Å². The first-order valence-corrected chi connectivity index (χ1v) is 8.07. The minimum atomic E-state index is -0.380. The number of hydrogen-bond donors (Lipinski definition) is 1. The molecule has 1 heterocycles. The second kappa shape index (κ2) is 6.49. The first-order chi connectivity index (χ1) is 10.8. The molecule has 0 spiro atoms. The molecule has 0 radical (unpaired) electrons. The van der Waals surface area contributed by atoms with Crippen LogP contribution in [0.5, 0.6) is 0 Å². The summed E-state index contributed by atoms with van der Waals surface area (Å²) in [5, 5.41) is 0. The van der Waals surface area contributed by atoms with E-state index in [0.717, 1.165) is 36.2 Å². The van der Waals surface area contributed by atoms with Gasteiger partial charge >= 0.3 is 0 Å². The topological polar surface area (TPSA) is 44.9 Å². The van der Waals surface area contributed by atoms with Gasteiger partial charge in [-0.05, 0) is 30.5 Å². The van der Waals surface area contributed by atoms with E-state index in [9.17, 15) is 0 Å². The van der Waals surface area contributed by atoms with Crippen LogP contribution < -0.4 is 10.6 Å². The van der Waals surface area contributed by atoms with Gasteiger partial charge in [0.1, 0.15) is 0 Å². The lowest BCUT2D eigenvalue weighted by atomic mass is 9.85. The van der Waals surface area contributed by atoms with Crippen LogP contribution in [0, 0.1) is 0 Å². The average Bonchev–Trinajstić information content (AvgIpc) is 2.52. The van der Waals surface area contributed by atoms with Crippen molar-refractivity contribution in [2.45, 2.75) is 32.2 Å². The number of aliphatic imine (C=N–C) groups is 1. The second-order valence-corrected chi connectivity index (χ2v) is 6.45. The lowest BCUT2D eigenvalue weighted by molar-refractivity contribution is 0.400. The fourth-order valence-electron chi connectivity index (χ4n) is 3.05. The van der Waals surface area contributed by atoms with Crippen molar-refractivity contribution in [2.75, 3.05) is 25.5 Å². The largest absolute Gasteiger partial charge is 0.374 e. The number of benzene rings is 1. The Morgan fingerprint density at radius 1 is 1.48 bits per heavy atom. The molecule has 1 aromatic rings. The molecule has 124 valence electrons. The second-order valence-electron chi connectivity index (χ2n) is 6.45. The molecule has 0 aliphatic carbocycles. The van der Waals surface area contributed by atoms with Crippen molar-refractivity contribution in [3.63, 3.8) is 0 Å². The highest BCUT2D eigenvalue weighted by Gasteiger charge is 2.33. The van der Waals surface area contributed by atoms with Crippen LogP contribution in [0.3, 0.4) is 0 Å². The third kappa shape index (κ3) is 3.26. The summed E-state index contributed by atoms with van der Waals surface area (Å²) in [5.41, 5.74) is 10.1. The van der Waals surface area contributed by atoms with Crippen LogP contribution in [-0.2, 0) is 5.54 Å². The summed E-state index contributed by atoms with van der Waals surface area (Å²) in [6.45, 7) is 13.4. The van der Waals surface area contributed by atoms with Crippen molar-refractivity contribution in [1.82, 2.24) is 4.90 Å². The lowest BCUT2D eigenvalue weighted by Gasteiger charge is -2.37. The Morgan fingerprint density at radius 3 is 2.74 bits per heavy atom. The number of anilines is 1. The zero-order valence-electron chi connectivity index (χ0n) is 14.8. The van der Waals surface area contributed by atoms with Crippen LogP contribution in [0.4, 0.5) is 5.69 Å². The Morgan fingerprint density at radius 2 is 2.17 bits per heavy atom. The summed E-state index contributed by atoms with van der Waals surface area (Å²) in [6, 6.07) is 6.44. The molecule has 0 saturated heterocycles. The predicted octanol–water partition coefficient (Wildman–Crippen LogP) is 3.55. The highest BCUT2D eigenvalue weighted by Crippen LogP contribution is 2.38. The van der Waals surface area contributed by atoms with E-state index in [-0.39, 0.29) is 5.54 Å². The summed E-state index contributed by atoms with van der Waals surface area (Å²) < 4.78 is 0. The number of nitrogens with two attached hydrogens (primary N) is 1. The van der Waals surface area contributed by atoms with E-state index >= 15 is 0 Å². The standard InChI is InChI=1S/C19H28N4/c1-7-11-22(5)17-12-16(10-9-15(17)8-2)19(4)13-14(3)23(6)18(20)21-19/h8-10,12H,2-3,7,11,13H2,1,4-6H3,(H2,20,21)/t19-/m0/s1. The van der Waals surface area contributed by atoms with Gasteiger partial charge in [0.2, 0.25) is 0 Å². The van der Waals surface area contributed by atoms with Gasteiger partial charge in [0.25, 0.3) is 0 Å². The summed E-state index contributed by atoms with van der Waals surface area (Å²) >= 11 is 0. The van der Waals surface area contributed by atoms with Gasteiger partial charge in [-0.2, -0.15) is 0 Å². The molecular formula is C19H28N4. The van der Waals surface area contributed by atoms with Gasteiger partial charge in [-0.15, -0.1) is 0 Å². The third-order valence-corrected chi connectivity index (χ3v) is 4.57. The maximum atomic E-state index is 6.07. The maximum absolute atomic E-state index is 6.07. The predicted molar refractivity (Wildman–Crippen MR) is 101 cm³/mol. The minimum Gasteiger partial charge on any atom is -0.374 e. The summed E-state index contributed by atoms with van der Waals surface area (Å²) in [5.74, 6) is 0.514. The van der Waals surface area contributed by atoms with Gasteiger partial charge < -0.3 is 15.5 Å². The number of hydrogen-bond acceptors (Lipinski definition) is 4. The average molecular weight is 312 g/mol. The van der Waals surface area contributed by atoms with Crippen LogP contribution in [-0.4, -0.2) is 31.5 Å². The SMILES string of the molecule is C=Cc1ccc([C@]2(C)CC(=C)N(C)C(N)=N2)cc1N(C)CCC. The first kappa shape index (κ1) is 17.1. The van der Waals surface area contributed by atoms with Crippen LogP contribution in [0.2, 0.25) is 0 Å². The fraction of sp³-hybridized carbons (Fsp3) is 0.421. The van der Waals surface area contributed by atoms with Crippen LogP contribution >= 0.6 is 0 Å². The molecule has 1 aliphatic rings. The monoisotopic (exact) mass is 312 g/mol. The first-order valence-electron chi connectivity index (χ1n) is 8.07. The molecule has 0 aromatic heterocycles. The van der Waals surface area contributed by atoms with E-state index in [1.54, 1.807) is 0 Å². The third-order valence-electron chi connectivity index (χ3n) is 4.57. The molecule has 1 aliphatic heterocycles. The van der Waals surface area contributed by atoms with Gasteiger partial charge in [-0.25, -0.2) is 4.99 Å². The van der Waals surface area contributed by atoms with E-state index in [1.807, 2.05) is 18.0 Å². The molecule has 0 saturated carbocycles. The van der Waals surface area contributed by atoms with Crippen LogP contribution in [0.1, 0.15) is 37.8 Å². The van der Waals surface area contributed by atoms with Crippen molar-refractivity contribution in [3.05, 3.63) is 48.2 Å². The van der Waals surface area contributed by atoms with Crippen molar-refractivity contribution < 1.29 is 0 Å². The number of rotatable bonds is 5. The molecule has 4 nitrogen and oxygen atoms in total. The summed E-state index contributed by atoms with van der Waals surface area (Å²) in [7, 11) is 4.02. The molecule has 2 N–H and O–H groups in total. The minimum absolute atomic E-state index is 0.380. The van der Waals surface area contributed by atoms with E-state index in [1.165, 1.54) is 5.69 Å². The Labute approximate surface area is 140 Å². The Balaban J connectivity index is 2.50. The zero-order valence-corrected chi connectivity index (χ0v) is 14.8. The Kier molecular flexibility index (Phi) is 4.83. The zero-order chi connectivity index (χ0) is 17.2. The Hall–Kier alpha value is -2.23. The highest BCUT2D eigenvalue weighted by atomic mass is 15.3. The van der Waals surface area contributed by atoms with Crippen molar-refractivity contribution >= 4 is 17.7 Å². The van der Waals surface area contributed by atoms with Gasteiger partial charge in [0, 0.05) is 38.4 Å². The number of guanidine groups is 1. The van der Waals surface area contributed by atoms with Crippen LogP contribution in [0.25, 0.3) is 6.08 Å². The van der Waals surface area contributed by atoms with E-state index in [0.29, 0.717) is 5.96 Å². The normalized spacial score (nSPS) is 21.1. The van der Waals surface area contributed by atoms with Crippen LogP contribution in [0.15, 0.2) is 42.0 Å². The summed E-state index contributed by atoms with van der Waals surface area (Å²) in [4.78, 5) is 8.85. The molecule has 23 heavy (non-hydrogen) atoms. The molecule has 0 unspecified atom stereocenters. The van der Waals surface area contributed by atoms with Gasteiger partial charge in [0.15, 0.2) is 5.96 Å². The smallest absolute Gasteiger partial charge is 0.196 e. The lowest BCUT2D eigenvalue weighted by Crippen LogP contribution is -2.42. The van der Waals surface area contributed by atoms with E-state index < -0.39 is 0 Å². The van der Waals surface area contributed by atoms with Crippen molar-refractivity contribution in [2.24, 2.45) is 10.7 Å². The summed E-state index contributed by atoms with van der Waals surface area (Å²) in [6.07, 6.45) is 3.76. The quantitative estimate of drug-likeness (QED) is 0.904. The fourth-order valence-corrected chi connectivity index (χ4v) is 3.05. The van der Waals surface area contributed by atoms with Gasteiger partial charge in [-0.3, -0.25) is 0 Å². The van der Waals surface area contributed by atoms with Gasteiger partial charge in [-0.1, -0.05) is 38.3 Å². The Bertz CT molecular complexity index is 647. The molecule has 0 amide bonds.